The highest BCUT2D eigenvalue weighted by atomic mass is 32.2. The van der Waals surface area contributed by atoms with Crippen molar-refractivity contribution in [2.24, 2.45) is 0 Å². The minimum Gasteiger partial charge on any atom is -0.335 e. The maximum atomic E-state index is 11.9. The summed E-state index contributed by atoms with van der Waals surface area (Å²) in [4.78, 5) is 10.7. The quantitative estimate of drug-likeness (QED) is 0.745. The lowest BCUT2D eigenvalue weighted by molar-refractivity contribution is 0.577. The molecular formula is C12H13N5O2S. The summed E-state index contributed by atoms with van der Waals surface area (Å²) < 4.78 is 28.2. The summed E-state index contributed by atoms with van der Waals surface area (Å²) in [7, 11) is -3.58. The lowest BCUT2D eigenvalue weighted by atomic mass is 10.3. The number of aromatic nitrogens is 4. The fourth-order valence-electron chi connectivity index (χ4n) is 1.93. The van der Waals surface area contributed by atoms with Crippen LogP contribution in [0.25, 0.3) is 5.65 Å². The van der Waals surface area contributed by atoms with Gasteiger partial charge in [0.25, 0.3) is 10.0 Å². The normalized spacial score (nSPS) is 12.1. The van der Waals surface area contributed by atoms with Crippen LogP contribution in [0, 0.1) is 6.92 Å². The van der Waals surface area contributed by atoms with Crippen LogP contribution in [0.1, 0.15) is 11.3 Å². The van der Waals surface area contributed by atoms with Crippen LogP contribution in [-0.4, -0.2) is 27.8 Å². The molecule has 7 nitrogen and oxygen atoms in total. The number of fused-ring (bicyclic) bond motifs is 1. The molecule has 3 heterocycles. The number of rotatable bonds is 4. The van der Waals surface area contributed by atoms with Crippen molar-refractivity contribution in [3.63, 3.8) is 0 Å². The third kappa shape index (κ3) is 2.30. The van der Waals surface area contributed by atoms with Gasteiger partial charge in [0.1, 0.15) is 5.65 Å². The molecule has 0 fully saturated rings. The van der Waals surface area contributed by atoms with E-state index in [1.54, 1.807) is 6.20 Å². The summed E-state index contributed by atoms with van der Waals surface area (Å²) in [6.45, 7) is 2.09. The summed E-state index contributed by atoms with van der Waals surface area (Å²) in [5, 5.41) is 0.0393. The Morgan fingerprint density at radius 1 is 1.45 bits per heavy atom. The Kier molecular flexibility index (Phi) is 3.03. The van der Waals surface area contributed by atoms with Gasteiger partial charge in [-0.25, -0.2) is 23.1 Å². The maximum absolute atomic E-state index is 11.9. The molecule has 0 aliphatic carbocycles. The van der Waals surface area contributed by atoms with E-state index in [9.17, 15) is 8.42 Å². The number of imidazole rings is 2. The molecule has 0 bridgehead atoms. The third-order valence-corrected chi connectivity index (χ3v) is 4.26. The number of nitrogens with zero attached hydrogens (tertiary/aromatic N) is 3. The number of hydrogen-bond donors (Lipinski definition) is 2. The fourth-order valence-corrected chi connectivity index (χ4v) is 2.83. The van der Waals surface area contributed by atoms with Gasteiger partial charge < -0.3 is 9.38 Å². The molecule has 0 spiro atoms. The lowest BCUT2D eigenvalue weighted by Gasteiger charge is -2.01. The van der Waals surface area contributed by atoms with E-state index in [2.05, 4.69) is 19.7 Å². The minimum absolute atomic E-state index is 0.0393. The van der Waals surface area contributed by atoms with Crippen LogP contribution < -0.4 is 4.72 Å². The third-order valence-electron chi connectivity index (χ3n) is 2.93. The summed E-state index contributed by atoms with van der Waals surface area (Å²) >= 11 is 0. The van der Waals surface area contributed by atoms with Crippen LogP contribution in [0.15, 0.2) is 42.1 Å². The summed E-state index contributed by atoms with van der Waals surface area (Å²) in [5.74, 6) is 0. The van der Waals surface area contributed by atoms with Gasteiger partial charge in [0.05, 0.1) is 24.8 Å². The maximum Gasteiger partial charge on any atom is 0.257 e. The second-order valence-corrected chi connectivity index (χ2v) is 6.13. The van der Waals surface area contributed by atoms with Crippen LogP contribution in [0.4, 0.5) is 0 Å². The Morgan fingerprint density at radius 3 is 3.00 bits per heavy atom. The first-order chi connectivity index (χ1) is 9.56. The first kappa shape index (κ1) is 12.8. The van der Waals surface area contributed by atoms with Crippen molar-refractivity contribution in [3.8, 4) is 0 Å². The van der Waals surface area contributed by atoms with Crippen LogP contribution in [0.2, 0.25) is 0 Å². The van der Waals surface area contributed by atoms with Crippen LogP contribution in [0.5, 0.6) is 0 Å². The van der Waals surface area contributed by atoms with E-state index >= 15 is 0 Å². The average molecular weight is 291 g/mol. The van der Waals surface area contributed by atoms with E-state index in [-0.39, 0.29) is 11.6 Å². The molecule has 8 heteroatoms. The summed E-state index contributed by atoms with van der Waals surface area (Å²) in [6, 6.07) is 3.88. The largest absolute Gasteiger partial charge is 0.335 e. The second kappa shape index (κ2) is 4.73. The van der Waals surface area contributed by atoms with Gasteiger partial charge >= 0.3 is 0 Å². The molecule has 2 N–H and O–H groups in total. The molecule has 0 saturated heterocycles. The zero-order valence-corrected chi connectivity index (χ0v) is 11.6. The second-order valence-electron chi connectivity index (χ2n) is 4.39. The Morgan fingerprint density at radius 2 is 2.30 bits per heavy atom. The van der Waals surface area contributed by atoms with E-state index in [1.807, 2.05) is 29.7 Å². The highest BCUT2D eigenvalue weighted by molar-refractivity contribution is 7.89. The van der Waals surface area contributed by atoms with Crippen molar-refractivity contribution >= 4 is 15.7 Å². The van der Waals surface area contributed by atoms with Gasteiger partial charge in [-0.2, -0.15) is 0 Å². The SMILES string of the molecule is Cc1cccn2cc(CNS(=O)(=O)c3cnc[nH]3)nc12. The molecule has 0 aliphatic heterocycles. The number of hydrogen-bond acceptors (Lipinski definition) is 4. The molecule has 0 aromatic carbocycles. The van der Waals surface area contributed by atoms with Crippen LogP contribution in [-0.2, 0) is 16.6 Å². The van der Waals surface area contributed by atoms with E-state index in [4.69, 9.17) is 0 Å². The monoisotopic (exact) mass is 291 g/mol. The number of aryl methyl sites for hydroxylation is 1. The van der Waals surface area contributed by atoms with Crippen molar-refractivity contribution in [2.75, 3.05) is 0 Å². The first-order valence-electron chi connectivity index (χ1n) is 5.97. The van der Waals surface area contributed by atoms with Crippen molar-refractivity contribution < 1.29 is 8.42 Å². The molecule has 0 aliphatic rings. The Labute approximate surface area is 115 Å². The highest BCUT2D eigenvalue weighted by Crippen LogP contribution is 2.10. The van der Waals surface area contributed by atoms with Crippen molar-refractivity contribution in [3.05, 3.63) is 48.3 Å². The first-order valence-corrected chi connectivity index (χ1v) is 7.46. The van der Waals surface area contributed by atoms with Crippen molar-refractivity contribution in [1.82, 2.24) is 24.1 Å². The zero-order chi connectivity index (χ0) is 14.2. The molecule has 3 aromatic rings. The Bertz CT molecular complexity index is 836. The van der Waals surface area contributed by atoms with E-state index < -0.39 is 10.0 Å². The molecule has 3 rings (SSSR count). The number of pyridine rings is 1. The standard InChI is InChI=1S/C12H13N5O2S/c1-9-3-2-4-17-7-10(16-12(9)17)5-15-20(18,19)11-6-13-8-14-11/h2-4,6-8,15H,5H2,1H3,(H,13,14). The molecule has 0 unspecified atom stereocenters. The van der Waals surface area contributed by atoms with Crippen molar-refractivity contribution in [1.29, 1.82) is 0 Å². The number of sulfonamides is 1. The lowest BCUT2D eigenvalue weighted by Crippen LogP contribution is -2.23. The molecule has 20 heavy (non-hydrogen) atoms. The molecule has 0 atom stereocenters. The van der Waals surface area contributed by atoms with Gasteiger partial charge in [-0.3, -0.25) is 0 Å². The predicted octanol–water partition coefficient (Wildman–Crippen LogP) is 0.844. The molecule has 0 saturated carbocycles. The van der Waals surface area contributed by atoms with E-state index in [0.717, 1.165) is 11.2 Å². The molecular weight excluding hydrogens is 278 g/mol. The highest BCUT2D eigenvalue weighted by Gasteiger charge is 2.15. The number of nitrogens with one attached hydrogen (secondary N) is 2. The molecule has 3 aromatic heterocycles. The predicted molar refractivity (Wildman–Crippen MR) is 72.5 cm³/mol. The number of aromatic amines is 1. The smallest absolute Gasteiger partial charge is 0.257 e. The summed E-state index contributed by atoms with van der Waals surface area (Å²) in [5.41, 5.74) is 2.51. The molecule has 0 amide bonds. The molecule has 0 radical (unpaired) electrons. The average Bonchev–Trinajstić information content (AvgIpc) is 3.06. The van der Waals surface area contributed by atoms with Gasteiger partial charge in [0.15, 0.2) is 5.03 Å². The topological polar surface area (TPSA) is 92.1 Å². The number of H-pyrrole nitrogens is 1. The van der Waals surface area contributed by atoms with Crippen LogP contribution >= 0.6 is 0 Å². The van der Waals surface area contributed by atoms with Gasteiger partial charge in [-0.1, -0.05) is 6.07 Å². The van der Waals surface area contributed by atoms with Gasteiger partial charge in [0.2, 0.25) is 0 Å². The fraction of sp³-hybridized carbons (Fsp3) is 0.167. The van der Waals surface area contributed by atoms with Gasteiger partial charge in [-0.05, 0) is 18.6 Å². The van der Waals surface area contributed by atoms with Gasteiger partial charge in [-0.15, -0.1) is 0 Å². The minimum atomic E-state index is -3.58. The van der Waals surface area contributed by atoms with Crippen molar-refractivity contribution in [2.45, 2.75) is 18.5 Å². The Balaban J connectivity index is 1.82. The van der Waals surface area contributed by atoms with E-state index in [1.165, 1.54) is 12.5 Å². The zero-order valence-electron chi connectivity index (χ0n) is 10.7. The van der Waals surface area contributed by atoms with Gasteiger partial charge in [0, 0.05) is 12.4 Å². The Hall–Kier alpha value is -2.19. The van der Waals surface area contributed by atoms with Crippen LogP contribution in [0.3, 0.4) is 0 Å². The van der Waals surface area contributed by atoms with E-state index in [0.29, 0.717) is 5.69 Å². The molecule has 104 valence electrons. The summed E-state index contributed by atoms with van der Waals surface area (Å²) in [6.07, 6.45) is 6.26.